The lowest BCUT2D eigenvalue weighted by atomic mass is 10.2. The van der Waals surface area contributed by atoms with Crippen LogP contribution >= 0.6 is 0 Å². The minimum absolute atomic E-state index is 0.0762. The van der Waals surface area contributed by atoms with Gasteiger partial charge in [0.1, 0.15) is 6.10 Å². The molecule has 0 unspecified atom stereocenters. The second-order valence-electron chi connectivity index (χ2n) is 3.84. The Morgan fingerprint density at radius 3 is 2.74 bits per heavy atom. The average Bonchev–Trinajstić information content (AvgIpc) is 2.37. The van der Waals surface area contributed by atoms with Crippen LogP contribution in [0.4, 0.5) is 8.78 Å². The fourth-order valence-electron chi connectivity index (χ4n) is 1.40. The lowest BCUT2D eigenvalue weighted by Crippen LogP contribution is -2.15. The Bertz CT molecular complexity index is 463. The van der Waals surface area contributed by atoms with Crippen LogP contribution < -0.4 is 4.74 Å². The molecule has 6 heteroatoms. The number of methoxy groups -OCH3 is 1. The van der Waals surface area contributed by atoms with Crippen LogP contribution in [0.3, 0.4) is 0 Å². The molecule has 1 heterocycles. The lowest BCUT2D eigenvalue weighted by Gasteiger charge is -2.15. The van der Waals surface area contributed by atoms with Crippen molar-refractivity contribution in [1.29, 1.82) is 0 Å². The van der Waals surface area contributed by atoms with Crippen molar-refractivity contribution in [2.45, 2.75) is 25.9 Å². The molecule has 1 atom stereocenters. The molecule has 0 bridgehead atoms. The van der Waals surface area contributed by atoms with Crippen LogP contribution in [0.15, 0.2) is 24.8 Å². The molecule has 1 rings (SSSR count). The van der Waals surface area contributed by atoms with E-state index in [1.54, 1.807) is 13.0 Å². The number of ether oxygens (including phenoxy) is 2. The Labute approximate surface area is 110 Å². The van der Waals surface area contributed by atoms with Crippen molar-refractivity contribution in [1.82, 2.24) is 4.98 Å². The molecule has 0 radical (unpaired) electrons. The third-order valence-electron chi connectivity index (χ3n) is 2.33. The van der Waals surface area contributed by atoms with Crippen LogP contribution in [-0.4, -0.2) is 24.2 Å². The first-order valence-corrected chi connectivity index (χ1v) is 5.64. The van der Waals surface area contributed by atoms with Gasteiger partial charge in [-0.2, -0.15) is 0 Å². The van der Waals surface area contributed by atoms with E-state index in [1.165, 1.54) is 13.2 Å². The van der Waals surface area contributed by atoms with E-state index in [2.05, 4.69) is 16.3 Å². The molecule has 19 heavy (non-hydrogen) atoms. The smallest absolute Gasteiger partial charge is 0.356 e. The lowest BCUT2D eigenvalue weighted by molar-refractivity contribution is 0.0590. The second kappa shape index (κ2) is 6.82. The molecule has 1 aromatic heterocycles. The predicted molar refractivity (Wildman–Crippen MR) is 65.4 cm³/mol. The highest BCUT2D eigenvalue weighted by molar-refractivity contribution is 5.87. The molecule has 4 nitrogen and oxygen atoms in total. The maximum absolute atomic E-state index is 12.8. The fraction of sp³-hybridized carbons (Fsp3) is 0.385. The fourth-order valence-corrected chi connectivity index (χ4v) is 1.40. The first-order valence-electron chi connectivity index (χ1n) is 5.64. The number of pyridine rings is 1. The normalized spacial score (nSPS) is 12.1. The van der Waals surface area contributed by atoms with Crippen molar-refractivity contribution >= 4 is 5.97 Å². The largest absolute Gasteiger partial charge is 0.474 e. The third kappa shape index (κ3) is 4.01. The number of nitrogens with zero attached hydrogens (tertiary/aromatic N) is 1. The van der Waals surface area contributed by atoms with Crippen LogP contribution in [-0.2, 0) is 4.74 Å². The van der Waals surface area contributed by atoms with Gasteiger partial charge in [0.05, 0.1) is 12.7 Å². The van der Waals surface area contributed by atoms with Gasteiger partial charge in [0, 0.05) is 6.42 Å². The van der Waals surface area contributed by atoms with Crippen molar-refractivity contribution in [2.75, 3.05) is 7.11 Å². The van der Waals surface area contributed by atoms with Crippen LogP contribution in [0.1, 0.15) is 35.8 Å². The molecule has 0 spiro atoms. The molecular formula is C13H15F2NO3. The Morgan fingerprint density at radius 1 is 1.53 bits per heavy atom. The molecule has 1 aromatic rings. The Kier molecular flexibility index (Phi) is 5.41. The number of carbonyl (C=O) groups is 1. The van der Waals surface area contributed by atoms with Crippen molar-refractivity contribution in [3.8, 4) is 5.88 Å². The van der Waals surface area contributed by atoms with Crippen LogP contribution in [0.5, 0.6) is 5.88 Å². The number of hydrogen-bond acceptors (Lipinski definition) is 4. The van der Waals surface area contributed by atoms with Gasteiger partial charge in [-0.3, -0.25) is 0 Å². The van der Waals surface area contributed by atoms with Crippen molar-refractivity contribution in [3.05, 3.63) is 36.0 Å². The van der Waals surface area contributed by atoms with Gasteiger partial charge in [-0.25, -0.2) is 18.6 Å². The maximum Gasteiger partial charge on any atom is 0.356 e. The summed E-state index contributed by atoms with van der Waals surface area (Å²) < 4.78 is 35.4. The molecule has 0 fully saturated rings. The van der Waals surface area contributed by atoms with E-state index in [0.29, 0.717) is 6.42 Å². The summed E-state index contributed by atoms with van der Waals surface area (Å²) in [7, 11) is 1.19. The molecule has 0 amide bonds. The molecule has 0 N–H and O–H groups in total. The number of esters is 1. The topological polar surface area (TPSA) is 48.4 Å². The van der Waals surface area contributed by atoms with E-state index in [-0.39, 0.29) is 23.2 Å². The molecule has 0 aliphatic heterocycles. The average molecular weight is 271 g/mol. The molecule has 0 aromatic carbocycles. The van der Waals surface area contributed by atoms with Crippen LogP contribution in [0.2, 0.25) is 0 Å². The van der Waals surface area contributed by atoms with Gasteiger partial charge in [-0.1, -0.05) is 6.08 Å². The summed E-state index contributed by atoms with van der Waals surface area (Å²) in [6, 6.07) is 2.29. The summed E-state index contributed by atoms with van der Waals surface area (Å²) in [5.74, 6) is -0.964. The predicted octanol–water partition coefficient (Wildman–Crippen LogP) is 3.15. The zero-order chi connectivity index (χ0) is 14.4. The summed E-state index contributed by atoms with van der Waals surface area (Å²) in [6.07, 6.45) is -1.01. The third-order valence-corrected chi connectivity index (χ3v) is 2.33. The van der Waals surface area contributed by atoms with Gasteiger partial charge in [-0.05, 0) is 19.1 Å². The number of alkyl halides is 2. The van der Waals surface area contributed by atoms with E-state index in [1.807, 2.05) is 0 Å². The number of rotatable bonds is 6. The Morgan fingerprint density at radius 2 is 2.21 bits per heavy atom. The maximum atomic E-state index is 12.8. The number of carbonyl (C=O) groups excluding carboxylic acids is 1. The minimum Gasteiger partial charge on any atom is -0.474 e. The Balaban J connectivity index is 3.08. The monoisotopic (exact) mass is 271 g/mol. The molecule has 0 aliphatic rings. The summed E-state index contributed by atoms with van der Waals surface area (Å²) in [4.78, 5) is 15.1. The first-order chi connectivity index (χ1) is 8.99. The molecular weight excluding hydrogens is 256 g/mol. The summed E-state index contributed by atoms with van der Waals surface area (Å²) in [5, 5.41) is 0. The van der Waals surface area contributed by atoms with Crippen LogP contribution in [0.25, 0.3) is 0 Å². The van der Waals surface area contributed by atoms with Gasteiger partial charge in [0.2, 0.25) is 5.88 Å². The number of aromatic nitrogens is 1. The second-order valence-corrected chi connectivity index (χ2v) is 3.84. The summed E-state index contributed by atoms with van der Waals surface area (Å²) in [5.41, 5.74) is -0.434. The standard InChI is InChI=1S/C13H15F2NO3/c1-4-5-8(2)19-12-9(11(14)15)6-7-10(16-12)13(17)18-3/h4,6-8,11H,1,5H2,2-3H3/t8-/m1/s1. The van der Waals surface area contributed by atoms with E-state index in [0.717, 1.165) is 6.07 Å². The highest BCUT2D eigenvalue weighted by Gasteiger charge is 2.20. The van der Waals surface area contributed by atoms with Crippen molar-refractivity contribution < 1.29 is 23.0 Å². The van der Waals surface area contributed by atoms with Gasteiger partial charge < -0.3 is 9.47 Å². The number of hydrogen-bond donors (Lipinski definition) is 0. The summed E-state index contributed by atoms with van der Waals surface area (Å²) in [6.45, 7) is 5.23. The molecule has 0 aliphatic carbocycles. The molecule has 104 valence electrons. The Hall–Kier alpha value is -1.98. The van der Waals surface area contributed by atoms with E-state index in [9.17, 15) is 13.6 Å². The van der Waals surface area contributed by atoms with E-state index >= 15 is 0 Å². The highest BCUT2D eigenvalue weighted by Crippen LogP contribution is 2.28. The van der Waals surface area contributed by atoms with Crippen molar-refractivity contribution in [2.24, 2.45) is 0 Å². The van der Waals surface area contributed by atoms with E-state index in [4.69, 9.17) is 4.74 Å². The molecule has 0 saturated carbocycles. The van der Waals surface area contributed by atoms with E-state index < -0.39 is 12.4 Å². The highest BCUT2D eigenvalue weighted by atomic mass is 19.3. The van der Waals surface area contributed by atoms with Gasteiger partial charge in [0.15, 0.2) is 5.69 Å². The molecule has 0 saturated heterocycles. The van der Waals surface area contributed by atoms with Crippen LogP contribution in [0, 0.1) is 0 Å². The zero-order valence-corrected chi connectivity index (χ0v) is 10.7. The van der Waals surface area contributed by atoms with Gasteiger partial charge in [-0.15, -0.1) is 6.58 Å². The SMILES string of the molecule is C=CC[C@@H](C)Oc1nc(C(=O)OC)ccc1C(F)F. The minimum atomic E-state index is -2.73. The zero-order valence-electron chi connectivity index (χ0n) is 10.7. The van der Waals surface area contributed by atoms with Crippen molar-refractivity contribution in [3.63, 3.8) is 0 Å². The first kappa shape index (κ1) is 15.1. The number of halogens is 2. The van der Waals surface area contributed by atoms with Gasteiger partial charge in [0.25, 0.3) is 6.43 Å². The van der Waals surface area contributed by atoms with Gasteiger partial charge >= 0.3 is 5.97 Å². The summed E-state index contributed by atoms with van der Waals surface area (Å²) >= 11 is 0. The quantitative estimate of drug-likeness (QED) is 0.589.